The van der Waals surface area contributed by atoms with E-state index in [-0.39, 0.29) is 23.5 Å². The Hall–Kier alpha value is -2.52. The van der Waals surface area contributed by atoms with E-state index in [1.807, 2.05) is 13.0 Å². The number of hydrogen-bond acceptors (Lipinski definition) is 7. The van der Waals surface area contributed by atoms with Gasteiger partial charge in [-0.05, 0) is 36.6 Å². The van der Waals surface area contributed by atoms with Crippen LogP contribution in [0.5, 0.6) is 0 Å². The molecule has 0 aliphatic carbocycles. The highest BCUT2D eigenvalue weighted by atomic mass is 32.2. The quantitative estimate of drug-likeness (QED) is 0.697. The van der Waals surface area contributed by atoms with Crippen molar-refractivity contribution in [3.8, 4) is 0 Å². The van der Waals surface area contributed by atoms with E-state index in [0.717, 1.165) is 23.3 Å². The van der Waals surface area contributed by atoms with Crippen LogP contribution in [0.25, 0.3) is 11.0 Å². The first kappa shape index (κ1) is 19.8. The molecule has 0 radical (unpaired) electrons. The van der Waals surface area contributed by atoms with Crippen molar-refractivity contribution in [1.82, 2.24) is 19.5 Å². The molecule has 0 fully saturated rings. The maximum absolute atomic E-state index is 12.2. The van der Waals surface area contributed by atoms with Gasteiger partial charge in [0.2, 0.25) is 5.95 Å². The fraction of sp³-hybridized carbons (Fsp3) is 0.450. The van der Waals surface area contributed by atoms with Crippen molar-refractivity contribution in [3.63, 3.8) is 0 Å². The summed E-state index contributed by atoms with van der Waals surface area (Å²) in [7, 11) is -3.46. The smallest absolute Gasteiger partial charge is 0.226 e. The molecule has 29 heavy (non-hydrogen) atoms. The molecule has 0 saturated carbocycles. The molecule has 0 spiro atoms. The third kappa shape index (κ3) is 3.38. The molecule has 1 aliphatic rings. The van der Waals surface area contributed by atoms with Crippen LogP contribution in [0, 0.1) is 12.8 Å². The maximum Gasteiger partial charge on any atom is 0.226 e. The summed E-state index contributed by atoms with van der Waals surface area (Å²) in [5.41, 5.74) is 2.74. The van der Waals surface area contributed by atoms with Crippen molar-refractivity contribution < 1.29 is 13.5 Å². The fourth-order valence-electron chi connectivity index (χ4n) is 4.09. The monoisotopic (exact) mass is 415 g/mol. The largest absolute Gasteiger partial charge is 0.392 e. The summed E-state index contributed by atoms with van der Waals surface area (Å²) in [5, 5.41) is 9.68. The number of imidazole rings is 1. The highest BCUT2D eigenvalue weighted by Gasteiger charge is 2.34. The number of rotatable bonds is 4. The third-order valence-electron chi connectivity index (χ3n) is 5.37. The van der Waals surface area contributed by atoms with Crippen molar-refractivity contribution in [2.24, 2.45) is 5.92 Å². The predicted octanol–water partition coefficient (Wildman–Crippen LogP) is 2.25. The van der Waals surface area contributed by atoms with Crippen LogP contribution >= 0.6 is 0 Å². The second kappa shape index (κ2) is 7.07. The van der Waals surface area contributed by atoms with Gasteiger partial charge < -0.3 is 14.6 Å². The lowest BCUT2D eigenvalue weighted by molar-refractivity contribution is 0.278. The summed E-state index contributed by atoms with van der Waals surface area (Å²) in [6.45, 7) is 7.19. The molecular weight excluding hydrogens is 390 g/mol. The Labute approximate surface area is 170 Å². The molecule has 1 N–H and O–H groups in total. The van der Waals surface area contributed by atoms with E-state index in [1.54, 1.807) is 18.3 Å². The first-order valence-electron chi connectivity index (χ1n) is 9.61. The summed E-state index contributed by atoms with van der Waals surface area (Å²) in [6, 6.07) is 5.15. The normalized spacial score (nSPS) is 17.2. The first-order valence-corrected chi connectivity index (χ1v) is 11.5. The Morgan fingerprint density at radius 2 is 2.00 bits per heavy atom. The molecule has 154 valence electrons. The molecule has 1 aliphatic heterocycles. The third-order valence-corrected chi connectivity index (χ3v) is 6.54. The highest BCUT2D eigenvalue weighted by Crippen LogP contribution is 2.37. The summed E-state index contributed by atoms with van der Waals surface area (Å²) in [6.07, 6.45) is 2.92. The molecule has 2 aromatic heterocycles. The van der Waals surface area contributed by atoms with Crippen molar-refractivity contribution in [1.29, 1.82) is 0 Å². The average molecular weight is 416 g/mol. The molecule has 3 aromatic rings. The SMILES string of the molecule is Cc1ccnc(N2CCn3c(nc4cc(CO)c(S(C)(=O)=O)cc43)[C@H]2C(C)C)n1. The van der Waals surface area contributed by atoms with Crippen LogP contribution in [0.15, 0.2) is 29.3 Å². The predicted molar refractivity (Wildman–Crippen MR) is 110 cm³/mol. The van der Waals surface area contributed by atoms with Crippen LogP contribution in [0.1, 0.15) is 37.0 Å². The van der Waals surface area contributed by atoms with E-state index in [2.05, 4.69) is 33.3 Å². The van der Waals surface area contributed by atoms with E-state index in [1.165, 1.54) is 0 Å². The van der Waals surface area contributed by atoms with Crippen molar-refractivity contribution in [2.75, 3.05) is 17.7 Å². The lowest BCUT2D eigenvalue weighted by Crippen LogP contribution is -2.41. The average Bonchev–Trinajstić information content (AvgIpc) is 3.02. The Bertz CT molecular complexity index is 1190. The maximum atomic E-state index is 12.2. The van der Waals surface area contributed by atoms with Gasteiger partial charge in [-0.2, -0.15) is 0 Å². The van der Waals surface area contributed by atoms with Crippen LogP contribution in [0.3, 0.4) is 0 Å². The van der Waals surface area contributed by atoms with Crippen molar-refractivity contribution in [2.45, 2.75) is 44.9 Å². The van der Waals surface area contributed by atoms with E-state index in [9.17, 15) is 13.5 Å². The van der Waals surface area contributed by atoms with E-state index in [0.29, 0.717) is 30.1 Å². The molecule has 1 atom stereocenters. The van der Waals surface area contributed by atoms with Crippen LogP contribution < -0.4 is 4.90 Å². The standard InChI is InChI=1S/C20H25N5O3S/c1-12(2)18-19-23-15-9-14(11-26)17(29(4,27)28)10-16(15)24(19)7-8-25(18)20-21-6-5-13(3)22-20/h5-6,9-10,12,18,26H,7-8,11H2,1-4H3/t18-/m1/s1. The molecule has 0 bridgehead atoms. The molecule has 0 saturated heterocycles. The topological polar surface area (TPSA) is 101 Å². The number of nitrogens with zero attached hydrogens (tertiary/aromatic N) is 5. The Morgan fingerprint density at radius 1 is 1.24 bits per heavy atom. The van der Waals surface area contributed by atoms with Gasteiger partial charge in [0.25, 0.3) is 0 Å². The van der Waals surface area contributed by atoms with Crippen LogP contribution in [-0.2, 0) is 23.0 Å². The number of aliphatic hydroxyl groups is 1. The number of fused-ring (bicyclic) bond motifs is 3. The molecule has 8 nitrogen and oxygen atoms in total. The van der Waals surface area contributed by atoms with E-state index >= 15 is 0 Å². The Balaban J connectivity index is 1.91. The van der Waals surface area contributed by atoms with Crippen LogP contribution in [-0.4, -0.2) is 45.8 Å². The minimum absolute atomic E-state index is 0.0442. The van der Waals surface area contributed by atoms with E-state index < -0.39 is 9.84 Å². The van der Waals surface area contributed by atoms with Gasteiger partial charge >= 0.3 is 0 Å². The van der Waals surface area contributed by atoms with Gasteiger partial charge in [0, 0.05) is 31.2 Å². The lowest BCUT2D eigenvalue weighted by Gasteiger charge is -2.38. The van der Waals surface area contributed by atoms with Gasteiger partial charge in [0.05, 0.1) is 28.6 Å². The minimum atomic E-state index is -3.46. The number of aryl methyl sites for hydroxylation is 1. The second-order valence-electron chi connectivity index (χ2n) is 7.88. The number of benzene rings is 1. The lowest BCUT2D eigenvalue weighted by atomic mass is 10.00. The fourth-order valence-corrected chi connectivity index (χ4v) is 5.01. The summed E-state index contributed by atoms with van der Waals surface area (Å²) in [5.74, 6) is 1.78. The van der Waals surface area contributed by atoms with Gasteiger partial charge in [-0.1, -0.05) is 13.8 Å². The number of sulfone groups is 1. The van der Waals surface area contributed by atoms with Gasteiger partial charge in [-0.15, -0.1) is 0 Å². The molecular formula is C20H25N5O3S. The molecule has 9 heteroatoms. The van der Waals surface area contributed by atoms with E-state index in [4.69, 9.17) is 4.98 Å². The zero-order valence-electron chi connectivity index (χ0n) is 17.0. The zero-order chi connectivity index (χ0) is 20.9. The number of aliphatic hydroxyl groups excluding tert-OH is 1. The van der Waals surface area contributed by atoms with Crippen LogP contribution in [0.2, 0.25) is 0 Å². The van der Waals surface area contributed by atoms with Gasteiger partial charge in [-0.25, -0.2) is 23.4 Å². The van der Waals surface area contributed by atoms with Gasteiger partial charge in [0.15, 0.2) is 9.84 Å². The molecule has 0 amide bonds. The minimum Gasteiger partial charge on any atom is -0.392 e. The second-order valence-corrected chi connectivity index (χ2v) is 9.86. The van der Waals surface area contributed by atoms with Crippen molar-refractivity contribution in [3.05, 3.63) is 41.5 Å². The Morgan fingerprint density at radius 3 is 2.62 bits per heavy atom. The highest BCUT2D eigenvalue weighted by molar-refractivity contribution is 7.90. The number of aromatic nitrogens is 4. The van der Waals surface area contributed by atoms with Crippen molar-refractivity contribution >= 4 is 26.8 Å². The molecule has 3 heterocycles. The summed E-state index contributed by atoms with van der Waals surface area (Å²) < 4.78 is 26.5. The molecule has 0 unspecified atom stereocenters. The number of anilines is 1. The van der Waals surface area contributed by atoms with Gasteiger partial charge in [0.1, 0.15) is 5.82 Å². The Kier molecular flexibility index (Phi) is 4.82. The van der Waals surface area contributed by atoms with Crippen LogP contribution in [0.4, 0.5) is 5.95 Å². The number of hydrogen-bond donors (Lipinski definition) is 1. The zero-order valence-corrected chi connectivity index (χ0v) is 17.8. The summed E-state index contributed by atoms with van der Waals surface area (Å²) in [4.78, 5) is 16.2. The first-order chi connectivity index (χ1) is 13.7. The summed E-state index contributed by atoms with van der Waals surface area (Å²) >= 11 is 0. The molecule has 1 aromatic carbocycles. The molecule has 4 rings (SSSR count). The van der Waals surface area contributed by atoms with Gasteiger partial charge in [-0.3, -0.25) is 0 Å².